The minimum atomic E-state index is -0.176. The molecule has 0 radical (unpaired) electrons. The second-order valence-electron chi connectivity index (χ2n) is 6.75. The van der Waals surface area contributed by atoms with Crippen molar-refractivity contribution in [2.24, 2.45) is 0 Å². The maximum atomic E-state index is 13.6. The maximum absolute atomic E-state index is 13.6. The molecule has 5 heteroatoms. The molecule has 0 aliphatic carbocycles. The number of nitrogens with zero attached hydrogens (tertiary/aromatic N) is 3. The zero-order chi connectivity index (χ0) is 19.3. The number of para-hydroxylation sites is 2. The van der Waals surface area contributed by atoms with Gasteiger partial charge >= 0.3 is 5.69 Å². The number of halogens is 1. The van der Waals surface area contributed by atoms with Crippen LogP contribution in [0.3, 0.4) is 0 Å². The van der Waals surface area contributed by atoms with Gasteiger partial charge in [0.1, 0.15) is 0 Å². The van der Waals surface area contributed by atoms with E-state index in [0.717, 1.165) is 33.2 Å². The summed E-state index contributed by atoms with van der Waals surface area (Å²) >= 11 is 6.48. The number of aromatic nitrogens is 3. The molecule has 0 bridgehead atoms. The normalized spacial score (nSPS) is 11.4. The van der Waals surface area contributed by atoms with Gasteiger partial charge in [0.25, 0.3) is 0 Å². The van der Waals surface area contributed by atoms with Gasteiger partial charge in [0.2, 0.25) is 0 Å². The van der Waals surface area contributed by atoms with Gasteiger partial charge in [-0.1, -0.05) is 53.6 Å². The number of pyridine rings is 1. The van der Waals surface area contributed by atoms with Gasteiger partial charge in [0.05, 0.1) is 39.1 Å². The highest BCUT2D eigenvalue weighted by atomic mass is 35.5. The molecule has 0 N–H and O–H groups in total. The molecule has 0 saturated carbocycles. The van der Waals surface area contributed by atoms with Gasteiger partial charge in [-0.05, 0) is 43.3 Å². The summed E-state index contributed by atoms with van der Waals surface area (Å²) in [5, 5.41) is 1.44. The summed E-state index contributed by atoms with van der Waals surface area (Å²) < 4.78 is 3.38. The third kappa shape index (κ3) is 2.46. The molecule has 2 heterocycles. The van der Waals surface area contributed by atoms with Crippen molar-refractivity contribution in [3.63, 3.8) is 0 Å². The summed E-state index contributed by atoms with van der Waals surface area (Å²) in [6.07, 6.45) is 1.76. The molecule has 5 rings (SSSR count). The zero-order valence-electron chi connectivity index (χ0n) is 15.1. The van der Waals surface area contributed by atoms with E-state index in [1.54, 1.807) is 21.4 Å². The van der Waals surface area contributed by atoms with Gasteiger partial charge in [0.15, 0.2) is 0 Å². The smallest absolute Gasteiger partial charge is 0.259 e. The van der Waals surface area contributed by atoms with E-state index in [0.29, 0.717) is 10.7 Å². The van der Waals surface area contributed by atoms with Crippen molar-refractivity contribution in [2.45, 2.75) is 6.92 Å². The first-order valence-electron chi connectivity index (χ1n) is 8.98. The van der Waals surface area contributed by atoms with E-state index in [4.69, 9.17) is 11.6 Å². The van der Waals surface area contributed by atoms with E-state index >= 15 is 0 Å². The van der Waals surface area contributed by atoms with Gasteiger partial charge in [-0.25, -0.2) is 4.79 Å². The first-order chi connectivity index (χ1) is 13.6. The largest absolute Gasteiger partial charge is 0.338 e. The monoisotopic (exact) mass is 385 g/mol. The highest BCUT2D eigenvalue weighted by molar-refractivity contribution is 6.32. The van der Waals surface area contributed by atoms with Crippen LogP contribution in [-0.4, -0.2) is 14.1 Å². The number of aryl methyl sites for hydroxylation is 1. The fraction of sp³-hybridized carbons (Fsp3) is 0.0435. The van der Waals surface area contributed by atoms with Crippen LogP contribution in [0.2, 0.25) is 5.02 Å². The molecule has 0 unspecified atom stereocenters. The van der Waals surface area contributed by atoms with Crippen LogP contribution in [0.1, 0.15) is 5.56 Å². The number of hydrogen-bond acceptors (Lipinski definition) is 2. The number of fused-ring (bicyclic) bond motifs is 3. The molecule has 0 aliphatic rings. The van der Waals surface area contributed by atoms with Gasteiger partial charge < -0.3 is 0 Å². The lowest BCUT2D eigenvalue weighted by molar-refractivity contribution is 0.931. The minimum absolute atomic E-state index is 0.176. The number of rotatable bonds is 2. The van der Waals surface area contributed by atoms with Crippen molar-refractivity contribution in [2.75, 3.05) is 0 Å². The molecule has 0 amide bonds. The summed E-state index contributed by atoms with van der Waals surface area (Å²) in [4.78, 5) is 18.2. The first kappa shape index (κ1) is 16.8. The van der Waals surface area contributed by atoms with Crippen LogP contribution in [0.15, 0.2) is 83.8 Å². The quantitative estimate of drug-likeness (QED) is 0.414. The fourth-order valence-electron chi connectivity index (χ4n) is 3.66. The summed E-state index contributed by atoms with van der Waals surface area (Å²) in [6.45, 7) is 2.03. The van der Waals surface area contributed by atoms with Crippen LogP contribution in [0.25, 0.3) is 33.3 Å². The lowest BCUT2D eigenvalue weighted by Gasteiger charge is -2.08. The Kier molecular flexibility index (Phi) is 3.81. The van der Waals surface area contributed by atoms with Crippen LogP contribution < -0.4 is 5.69 Å². The Morgan fingerprint density at radius 3 is 2.43 bits per heavy atom. The second kappa shape index (κ2) is 6.36. The fourth-order valence-corrected chi connectivity index (χ4v) is 3.88. The molecule has 0 spiro atoms. The third-order valence-corrected chi connectivity index (χ3v) is 5.25. The molecular formula is C23H16ClN3O. The van der Waals surface area contributed by atoms with Crippen molar-refractivity contribution in [3.05, 3.63) is 100 Å². The van der Waals surface area contributed by atoms with Crippen molar-refractivity contribution >= 4 is 33.5 Å². The topological polar surface area (TPSA) is 39.8 Å². The van der Waals surface area contributed by atoms with Crippen LogP contribution in [0.4, 0.5) is 0 Å². The van der Waals surface area contributed by atoms with E-state index < -0.39 is 0 Å². The van der Waals surface area contributed by atoms with Crippen LogP contribution in [0.5, 0.6) is 0 Å². The minimum Gasteiger partial charge on any atom is -0.259 e. The number of hydrogen-bond donors (Lipinski definition) is 0. The Morgan fingerprint density at radius 2 is 1.64 bits per heavy atom. The molecule has 0 saturated heterocycles. The van der Waals surface area contributed by atoms with E-state index in [-0.39, 0.29) is 5.69 Å². The molecule has 5 aromatic rings. The van der Waals surface area contributed by atoms with Crippen molar-refractivity contribution in [3.8, 4) is 11.4 Å². The van der Waals surface area contributed by atoms with E-state index in [9.17, 15) is 4.79 Å². The van der Waals surface area contributed by atoms with Gasteiger partial charge in [-0.15, -0.1) is 0 Å². The predicted molar refractivity (Wildman–Crippen MR) is 114 cm³/mol. The zero-order valence-corrected chi connectivity index (χ0v) is 15.9. The molecule has 3 aromatic carbocycles. The van der Waals surface area contributed by atoms with Crippen molar-refractivity contribution in [1.29, 1.82) is 0 Å². The Hall–Kier alpha value is -3.37. The predicted octanol–water partition coefficient (Wildman–Crippen LogP) is 5.29. The van der Waals surface area contributed by atoms with Crippen molar-refractivity contribution < 1.29 is 0 Å². The van der Waals surface area contributed by atoms with E-state index in [1.807, 2.05) is 67.6 Å². The summed E-state index contributed by atoms with van der Waals surface area (Å²) in [6, 6.07) is 23.0. The maximum Gasteiger partial charge on any atom is 0.338 e. The first-order valence-corrected chi connectivity index (χ1v) is 9.36. The number of imidazole rings is 1. The standard InChI is InChI=1S/C23H16ClN3O/c1-15-11-12-19-17(13-15)22-21(14-25-19)26(16-7-3-2-4-8-16)23(28)27(22)20-10-6-5-9-18(20)24/h2-14H,1H3. The molecule has 4 nitrogen and oxygen atoms in total. The molecule has 136 valence electrons. The number of benzene rings is 3. The summed E-state index contributed by atoms with van der Waals surface area (Å²) in [7, 11) is 0. The highest BCUT2D eigenvalue weighted by Crippen LogP contribution is 2.30. The van der Waals surface area contributed by atoms with E-state index in [1.165, 1.54) is 0 Å². The van der Waals surface area contributed by atoms with Crippen LogP contribution in [0, 0.1) is 6.92 Å². The Balaban J connectivity index is 2.03. The van der Waals surface area contributed by atoms with Crippen LogP contribution in [-0.2, 0) is 0 Å². The second-order valence-corrected chi connectivity index (χ2v) is 7.16. The average Bonchev–Trinajstić information content (AvgIpc) is 3.01. The highest BCUT2D eigenvalue weighted by Gasteiger charge is 2.20. The SMILES string of the molecule is Cc1ccc2ncc3c(c2c1)n(-c1ccccc1Cl)c(=O)n3-c1ccccc1. The Bertz CT molecular complexity index is 1400. The average molecular weight is 386 g/mol. The van der Waals surface area contributed by atoms with Crippen LogP contribution >= 0.6 is 11.6 Å². The molecule has 2 aromatic heterocycles. The third-order valence-electron chi connectivity index (χ3n) is 4.93. The van der Waals surface area contributed by atoms with Gasteiger partial charge in [-0.3, -0.25) is 14.1 Å². The molecule has 0 aliphatic heterocycles. The Morgan fingerprint density at radius 1 is 0.893 bits per heavy atom. The molecule has 0 atom stereocenters. The van der Waals surface area contributed by atoms with E-state index in [2.05, 4.69) is 11.1 Å². The molecular weight excluding hydrogens is 370 g/mol. The summed E-state index contributed by atoms with van der Waals surface area (Å²) in [5.41, 5.74) is 4.76. The lowest BCUT2D eigenvalue weighted by atomic mass is 10.1. The summed E-state index contributed by atoms with van der Waals surface area (Å²) in [5.74, 6) is 0. The Labute approximate surface area is 166 Å². The van der Waals surface area contributed by atoms with Gasteiger partial charge in [-0.2, -0.15) is 0 Å². The van der Waals surface area contributed by atoms with Gasteiger partial charge in [0, 0.05) is 5.39 Å². The lowest BCUT2D eigenvalue weighted by Crippen LogP contribution is -2.22. The van der Waals surface area contributed by atoms with Crippen molar-refractivity contribution in [1.82, 2.24) is 14.1 Å². The molecule has 28 heavy (non-hydrogen) atoms. The molecule has 0 fully saturated rings.